The van der Waals surface area contributed by atoms with Gasteiger partial charge >= 0.3 is 0 Å². The summed E-state index contributed by atoms with van der Waals surface area (Å²) in [5.41, 5.74) is 1.39. The summed E-state index contributed by atoms with van der Waals surface area (Å²) in [6, 6.07) is 11.6. The molecule has 3 heteroatoms. The van der Waals surface area contributed by atoms with Gasteiger partial charge in [0.1, 0.15) is 5.82 Å². The smallest absolute Gasteiger partial charge is 0.123 e. The van der Waals surface area contributed by atoms with Crippen molar-refractivity contribution in [1.82, 2.24) is 5.32 Å². The van der Waals surface area contributed by atoms with Gasteiger partial charge in [0.2, 0.25) is 0 Å². The van der Waals surface area contributed by atoms with Crippen LogP contribution in [-0.2, 0) is 18.4 Å². The summed E-state index contributed by atoms with van der Waals surface area (Å²) >= 11 is 1.88. The fourth-order valence-electron chi connectivity index (χ4n) is 2.20. The monoisotopic (exact) mass is 305 g/mol. The quantitative estimate of drug-likeness (QED) is 0.828. The van der Waals surface area contributed by atoms with E-state index in [2.05, 4.69) is 45.1 Å². The van der Waals surface area contributed by atoms with Gasteiger partial charge in [-0.2, -0.15) is 0 Å². The average molecular weight is 305 g/mol. The molecule has 1 unspecified atom stereocenters. The van der Waals surface area contributed by atoms with E-state index >= 15 is 0 Å². The van der Waals surface area contributed by atoms with Crippen molar-refractivity contribution < 1.29 is 4.39 Å². The molecule has 2 aromatic rings. The maximum atomic E-state index is 12.9. The number of hydrogen-bond donors (Lipinski definition) is 1. The topological polar surface area (TPSA) is 12.0 Å². The van der Waals surface area contributed by atoms with E-state index in [1.165, 1.54) is 21.9 Å². The average Bonchev–Trinajstić information content (AvgIpc) is 2.88. The van der Waals surface area contributed by atoms with Crippen LogP contribution in [0.3, 0.4) is 0 Å². The maximum Gasteiger partial charge on any atom is 0.123 e. The first-order valence-electron chi connectivity index (χ1n) is 7.41. The number of thiophene rings is 1. The molecular formula is C18H24FNS. The summed E-state index contributed by atoms with van der Waals surface area (Å²) < 4.78 is 12.9. The third-order valence-electron chi connectivity index (χ3n) is 3.48. The van der Waals surface area contributed by atoms with Crippen LogP contribution in [0.4, 0.5) is 4.39 Å². The summed E-state index contributed by atoms with van der Waals surface area (Å²) in [7, 11) is 0. The SMILES string of the molecule is CC(Cc1ccc(F)cc1)NCc1ccc(C(C)(C)C)s1. The standard InChI is InChI=1S/C18H24FNS/c1-13(11-14-5-7-15(19)8-6-14)20-12-16-9-10-17(21-16)18(2,3)4/h5-10,13,20H,11-12H2,1-4H3. The van der Waals surface area contributed by atoms with Crippen molar-refractivity contribution in [2.75, 3.05) is 0 Å². The summed E-state index contributed by atoms with van der Waals surface area (Å²) in [6.07, 6.45) is 0.914. The van der Waals surface area contributed by atoms with Crippen molar-refractivity contribution in [3.63, 3.8) is 0 Å². The molecule has 1 N–H and O–H groups in total. The van der Waals surface area contributed by atoms with Crippen molar-refractivity contribution in [3.8, 4) is 0 Å². The van der Waals surface area contributed by atoms with Crippen LogP contribution in [0.25, 0.3) is 0 Å². The Kier molecular flexibility index (Phi) is 5.17. The lowest BCUT2D eigenvalue weighted by Gasteiger charge is -2.16. The van der Waals surface area contributed by atoms with Crippen LogP contribution in [0, 0.1) is 5.82 Å². The Balaban J connectivity index is 1.85. The molecule has 1 aromatic heterocycles. The van der Waals surface area contributed by atoms with Gasteiger partial charge in [0.25, 0.3) is 0 Å². The zero-order valence-electron chi connectivity index (χ0n) is 13.2. The van der Waals surface area contributed by atoms with E-state index in [1.807, 2.05) is 23.5 Å². The van der Waals surface area contributed by atoms with Gasteiger partial charge in [-0.25, -0.2) is 4.39 Å². The Morgan fingerprint density at radius 1 is 1.10 bits per heavy atom. The largest absolute Gasteiger partial charge is 0.309 e. The molecule has 1 nitrogen and oxygen atoms in total. The number of hydrogen-bond acceptors (Lipinski definition) is 2. The zero-order chi connectivity index (χ0) is 15.5. The predicted octanol–water partition coefficient (Wildman–Crippen LogP) is 4.91. The van der Waals surface area contributed by atoms with Crippen molar-refractivity contribution in [1.29, 1.82) is 0 Å². The zero-order valence-corrected chi connectivity index (χ0v) is 14.1. The predicted molar refractivity (Wildman–Crippen MR) is 89.4 cm³/mol. The van der Waals surface area contributed by atoms with Crippen LogP contribution >= 0.6 is 11.3 Å². The van der Waals surface area contributed by atoms with Crippen molar-refractivity contribution >= 4 is 11.3 Å². The van der Waals surface area contributed by atoms with E-state index in [1.54, 1.807) is 0 Å². The highest BCUT2D eigenvalue weighted by Gasteiger charge is 2.16. The van der Waals surface area contributed by atoms with E-state index in [-0.39, 0.29) is 11.2 Å². The minimum atomic E-state index is -0.173. The van der Waals surface area contributed by atoms with Crippen LogP contribution in [0.15, 0.2) is 36.4 Å². The van der Waals surface area contributed by atoms with Gasteiger partial charge in [-0.15, -0.1) is 11.3 Å². The molecule has 0 aliphatic carbocycles. The summed E-state index contributed by atoms with van der Waals surface area (Å²) in [6.45, 7) is 9.79. The van der Waals surface area contributed by atoms with Crippen LogP contribution < -0.4 is 5.32 Å². The van der Waals surface area contributed by atoms with Gasteiger partial charge in [-0.05, 0) is 48.6 Å². The number of nitrogens with one attached hydrogen (secondary N) is 1. The van der Waals surface area contributed by atoms with Crippen LogP contribution in [0.1, 0.15) is 43.0 Å². The van der Waals surface area contributed by atoms with Gasteiger partial charge < -0.3 is 5.32 Å². The van der Waals surface area contributed by atoms with Gasteiger partial charge in [0.15, 0.2) is 0 Å². The van der Waals surface area contributed by atoms with Gasteiger partial charge in [-0.1, -0.05) is 32.9 Å². The molecule has 0 bridgehead atoms. The Morgan fingerprint density at radius 3 is 2.33 bits per heavy atom. The highest BCUT2D eigenvalue weighted by Crippen LogP contribution is 2.29. The molecule has 0 aliphatic heterocycles. The molecule has 1 heterocycles. The first kappa shape index (κ1) is 16.2. The first-order chi connectivity index (χ1) is 9.84. The second kappa shape index (κ2) is 6.71. The van der Waals surface area contributed by atoms with E-state index in [9.17, 15) is 4.39 Å². The molecule has 0 aliphatic rings. The summed E-state index contributed by atoms with van der Waals surface area (Å²) in [4.78, 5) is 2.79. The van der Waals surface area contributed by atoms with E-state index in [4.69, 9.17) is 0 Å². The van der Waals surface area contributed by atoms with Crippen LogP contribution in [-0.4, -0.2) is 6.04 Å². The number of halogens is 1. The molecule has 0 saturated heterocycles. The molecule has 0 amide bonds. The molecule has 21 heavy (non-hydrogen) atoms. The molecule has 1 atom stereocenters. The lowest BCUT2D eigenvalue weighted by atomic mass is 9.95. The summed E-state index contributed by atoms with van der Waals surface area (Å²) in [5.74, 6) is -0.173. The van der Waals surface area contributed by atoms with Gasteiger partial charge in [-0.3, -0.25) is 0 Å². The Bertz CT molecular complexity index is 566. The molecule has 0 spiro atoms. The minimum Gasteiger partial charge on any atom is -0.309 e. The van der Waals surface area contributed by atoms with E-state index in [0.29, 0.717) is 6.04 Å². The van der Waals surface area contributed by atoms with Crippen molar-refractivity contribution in [2.45, 2.75) is 52.1 Å². The van der Waals surface area contributed by atoms with E-state index < -0.39 is 0 Å². The third kappa shape index (κ3) is 4.94. The van der Waals surface area contributed by atoms with Crippen molar-refractivity contribution in [2.24, 2.45) is 0 Å². The van der Waals surface area contributed by atoms with Gasteiger partial charge in [0.05, 0.1) is 0 Å². The Labute approximate surface area is 131 Å². The molecule has 1 aromatic carbocycles. The molecule has 0 saturated carbocycles. The van der Waals surface area contributed by atoms with E-state index in [0.717, 1.165) is 18.5 Å². The second-order valence-electron chi connectivity index (χ2n) is 6.63. The lowest BCUT2D eigenvalue weighted by Crippen LogP contribution is -2.27. The minimum absolute atomic E-state index is 0.173. The molecule has 114 valence electrons. The summed E-state index contributed by atoms with van der Waals surface area (Å²) in [5, 5.41) is 3.54. The van der Waals surface area contributed by atoms with Crippen LogP contribution in [0.2, 0.25) is 0 Å². The molecule has 0 radical (unpaired) electrons. The number of rotatable bonds is 5. The third-order valence-corrected chi connectivity index (χ3v) is 4.99. The molecule has 0 fully saturated rings. The number of benzene rings is 1. The lowest BCUT2D eigenvalue weighted by molar-refractivity contribution is 0.548. The highest BCUT2D eigenvalue weighted by molar-refractivity contribution is 7.12. The maximum absolute atomic E-state index is 12.9. The van der Waals surface area contributed by atoms with Crippen molar-refractivity contribution in [3.05, 3.63) is 57.5 Å². The first-order valence-corrected chi connectivity index (χ1v) is 8.23. The highest BCUT2D eigenvalue weighted by atomic mass is 32.1. The molecular weight excluding hydrogens is 281 g/mol. The fraction of sp³-hybridized carbons (Fsp3) is 0.444. The van der Waals surface area contributed by atoms with Gasteiger partial charge in [0, 0.05) is 22.3 Å². The Hall–Kier alpha value is -1.19. The Morgan fingerprint density at radius 2 is 1.76 bits per heavy atom. The van der Waals surface area contributed by atoms with Crippen LogP contribution in [0.5, 0.6) is 0 Å². The molecule has 2 rings (SSSR count). The normalized spacial score (nSPS) is 13.4. The fourth-order valence-corrected chi connectivity index (χ4v) is 3.21. The second-order valence-corrected chi connectivity index (χ2v) is 7.80.